The van der Waals surface area contributed by atoms with Crippen molar-refractivity contribution in [3.05, 3.63) is 29.8 Å². The summed E-state index contributed by atoms with van der Waals surface area (Å²) in [7, 11) is 0. The molecule has 1 aromatic carbocycles. The van der Waals surface area contributed by atoms with E-state index in [1.165, 1.54) is 5.56 Å². The summed E-state index contributed by atoms with van der Waals surface area (Å²) in [6.45, 7) is 3.29. The predicted octanol–water partition coefficient (Wildman–Crippen LogP) is 1.41. The summed E-state index contributed by atoms with van der Waals surface area (Å²) in [5.41, 5.74) is 7.27. The fourth-order valence-electron chi connectivity index (χ4n) is 2.78. The smallest absolute Gasteiger partial charge is 0.123 e. The van der Waals surface area contributed by atoms with Crippen LogP contribution in [0.1, 0.15) is 18.4 Å². The molecule has 0 amide bonds. The topological polar surface area (TPSA) is 38.5 Å². The molecule has 92 valence electrons. The molecule has 3 heteroatoms. The summed E-state index contributed by atoms with van der Waals surface area (Å²) in [4.78, 5) is 2.49. The van der Waals surface area contributed by atoms with Crippen molar-refractivity contribution in [1.82, 2.24) is 4.90 Å². The molecule has 0 aliphatic carbocycles. The van der Waals surface area contributed by atoms with Crippen molar-refractivity contribution in [2.24, 2.45) is 5.73 Å². The molecule has 0 bridgehead atoms. The zero-order chi connectivity index (χ0) is 11.7. The third-order valence-corrected chi connectivity index (χ3v) is 3.81. The fourth-order valence-corrected chi connectivity index (χ4v) is 2.78. The van der Waals surface area contributed by atoms with Crippen LogP contribution in [-0.4, -0.2) is 36.7 Å². The maximum absolute atomic E-state index is 5.96. The highest BCUT2D eigenvalue weighted by atomic mass is 16.5. The van der Waals surface area contributed by atoms with Gasteiger partial charge in [0.15, 0.2) is 0 Å². The van der Waals surface area contributed by atoms with Gasteiger partial charge in [-0.15, -0.1) is 0 Å². The molecule has 2 N–H and O–H groups in total. The van der Waals surface area contributed by atoms with Crippen molar-refractivity contribution >= 4 is 0 Å². The Morgan fingerprint density at radius 3 is 2.76 bits per heavy atom. The molecule has 1 fully saturated rings. The number of nitrogens with two attached hydrogens (primary N) is 1. The number of fused-ring (bicyclic) bond motifs is 1. The minimum absolute atomic E-state index is 0.335. The van der Waals surface area contributed by atoms with Crippen LogP contribution in [0.15, 0.2) is 24.3 Å². The zero-order valence-electron chi connectivity index (χ0n) is 10.1. The van der Waals surface area contributed by atoms with Crippen molar-refractivity contribution in [2.75, 3.05) is 19.6 Å². The van der Waals surface area contributed by atoms with Crippen LogP contribution in [0.25, 0.3) is 0 Å². The van der Waals surface area contributed by atoms with E-state index < -0.39 is 0 Å². The monoisotopic (exact) mass is 232 g/mol. The van der Waals surface area contributed by atoms with Gasteiger partial charge in [0.2, 0.25) is 0 Å². The van der Waals surface area contributed by atoms with E-state index in [1.807, 2.05) is 6.07 Å². The predicted molar refractivity (Wildman–Crippen MR) is 68.2 cm³/mol. The Kier molecular flexibility index (Phi) is 3.04. The summed E-state index contributed by atoms with van der Waals surface area (Å²) in [6, 6.07) is 8.78. The number of piperidine rings is 1. The third-order valence-electron chi connectivity index (χ3n) is 3.81. The van der Waals surface area contributed by atoms with E-state index >= 15 is 0 Å². The van der Waals surface area contributed by atoms with Gasteiger partial charge in [0.25, 0.3) is 0 Å². The lowest BCUT2D eigenvalue weighted by molar-refractivity contribution is 0.129. The SMILES string of the molecule is NC1CCN(CC2Cc3ccccc3O2)CC1. The number of hydrogen-bond donors (Lipinski definition) is 1. The van der Waals surface area contributed by atoms with Crippen molar-refractivity contribution in [3.8, 4) is 5.75 Å². The van der Waals surface area contributed by atoms with Gasteiger partial charge in [-0.1, -0.05) is 18.2 Å². The Morgan fingerprint density at radius 1 is 1.24 bits per heavy atom. The van der Waals surface area contributed by atoms with E-state index in [9.17, 15) is 0 Å². The van der Waals surface area contributed by atoms with Crippen LogP contribution < -0.4 is 10.5 Å². The molecule has 3 rings (SSSR count). The maximum atomic E-state index is 5.96. The van der Waals surface area contributed by atoms with E-state index in [0.29, 0.717) is 12.1 Å². The highest BCUT2D eigenvalue weighted by Gasteiger charge is 2.26. The highest BCUT2D eigenvalue weighted by Crippen LogP contribution is 2.28. The van der Waals surface area contributed by atoms with E-state index in [2.05, 4.69) is 23.1 Å². The largest absolute Gasteiger partial charge is 0.488 e. The van der Waals surface area contributed by atoms with Crippen LogP contribution in [0.5, 0.6) is 5.75 Å². The molecule has 2 aliphatic heterocycles. The zero-order valence-corrected chi connectivity index (χ0v) is 10.1. The average Bonchev–Trinajstić information content (AvgIpc) is 2.74. The standard InChI is InChI=1S/C14H20N2O/c15-12-5-7-16(8-6-12)10-13-9-11-3-1-2-4-14(11)17-13/h1-4,12-13H,5-10,15H2. The van der Waals surface area contributed by atoms with Gasteiger partial charge < -0.3 is 10.5 Å². The number of nitrogens with zero attached hydrogens (tertiary/aromatic N) is 1. The lowest BCUT2D eigenvalue weighted by Gasteiger charge is -2.31. The van der Waals surface area contributed by atoms with E-state index in [4.69, 9.17) is 10.5 Å². The van der Waals surface area contributed by atoms with Gasteiger partial charge in [0.05, 0.1) is 0 Å². The summed E-state index contributed by atoms with van der Waals surface area (Å²) in [6.07, 6.45) is 3.64. The maximum Gasteiger partial charge on any atom is 0.123 e. The van der Waals surface area contributed by atoms with Gasteiger partial charge in [-0.2, -0.15) is 0 Å². The molecule has 0 aromatic heterocycles. The summed E-state index contributed by atoms with van der Waals surface area (Å²) in [5.74, 6) is 1.08. The number of likely N-dealkylation sites (tertiary alicyclic amines) is 1. The number of benzene rings is 1. The van der Waals surface area contributed by atoms with Gasteiger partial charge in [0.1, 0.15) is 11.9 Å². The Labute approximate surface area is 103 Å². The Hall–Kier alpha value is -1.06. The minimum Gasteiger partial charge on any atom is -0.488 e. The van der Waals surface area contributed by atoms with Crippen LogP contribution in [0, 0.1) is 0 Å². The first-order chi connectivity index (χ1) is 8.31. The van der Waals surface area contributed by atoms with Crippen LogP contribution in [0.3, 0.4) is 0 Å². The molecule has 1 aromatic rings. The molecule has 1 atom stereocenters. The van der Waals surface area contributed by atoms with E-state index in [1.54, 1.807) is 0 Å². The van der Waals surface area contributed by atoms with Crippen molar-refractivity contribution in [3.63, 3.8) is 0 Å². The van der Waals surface area contributed by atoms with E-state index in [0.717, 1.165) is 44.6 Å². The Balaban J connectivity index is 1.55. The average molecular weight is 232 g/mol. The molecule has 2 aliphatic rings. The number of hydrogen-bond acceptors (Lipinski definition) is 3. The second-order valence-electron chi connectivity index (χ2n) is 5.19. The molecule has 1 saturated heterocycles. The Bertz CT molecular complexity index is 361. The van der Waals surface area contributed by atoms with Gasteiger partial charge in [-0.05, 0) is 37.6 Å². The van der Waals surface area contributed by atoms with Gasteiger partial charge in [-0.25, -0.2) is 0 Å². The number of rotatable bonds is 2. The van der Waals surface area contributed by atoms with Crippen LogP contribution in [-0.2, 0) is 6.42 Å². The summed E-state index contributed by atoms with van der Waals surface area (Å²) >= 11 is 0. The fraction of sp³-hybridized carbons (Fsp3) is 0.571. The molecular formula is C14H20N2O. The van der Waals surface area contributed by atoms with Crippen LogP contribution in [0.2, 0.25) is 0 Å². The number of para-hydroxylation sites is 1. The second kappa shape index (κ2) is 4.67. The third kappa shape index (κ3) is 2.45. The summed E-state index contributed by atoms with van der Waals surface area (Å²) in [5, 5.41) is 0. The molecule has 0 saturated carbocycles. The van der Waals surface area contributed by atoms with Crippen molar-refractivity contribution < 1.29 is 4.74 Å². The Morgan fingerprint density at radius 2 is 2.00 bits per heavy atom. The first kappa shape index (κ1) is 11.1. The normalized spacial score (nSPS) is 25.6. The van der Waals surface area contributed by atoms with E-state index in [-0.39, 0.29) is 0 Å². The van der Waals surface area contributed by atoms with Crippen LogP contribution >= 0.6 is 0 Å². The lowest BCUT2D eigenvalue weighted by Crippen LogP contribution is -2.43. The molecule has 0 spiro atoms. The molecular weight excluding hydrogens is 212 g/mol. The van der Waals surface area contributed by atoms with Gasteiger partial charge in [-0.3, -0.25) is 4.90 Å². The quantitative estimate of drug-likeness (QED) is 0.838. The first-order valence-corrected chi connectivity index (χ1v) is 6.54. The second-order valence-corrected chi connectivity index (χ2v) is 5.19. The van der Waals surface area contributed by atoms with Crippen molar-refractivity contribution in [1.29, 1.82) is 0 Å². The number of ether oxygens (including phenoxy) is 1. The molecule has 3 nitrogen and oxygen atoms in total. The molecule has 17 heavy (non-hydrogen) atoms. The molecule has 0 radical (unpaired) electrons. The minimum atomic E-state index is 0.335. The lowest BCUT2D eigenvalue weighted by atomic mass is 10.0. The van der Waals surface area contributed by atoms with Crippen LogP contribution in [0.4, 0.5) is 0 Å². The molecule has 2 heterocycles. The van der Waals surface area contributed by atoms with Gasteiger partial charge >= 0.3 is 0 Å². The molecule has 1 unspecified atom stereocenters. The summed E-state index contributed by atoms with van der Waals surface area (Å²) < 4.78 is 5.96. The van der Waals surface area contributed by atoms with Crippen molar-refractivity contribution in [2.45, 2.75) is 31.4 Å². The highest BCUT2D eigenvalue weighted by molar-refractivity contribution is 5.37. The van der Waals surface area contributed by atoms with Gasteiger partial charge in [0, 0.05) is 19.0 Å². The first-order valence-electron chi connectivity index (χ1n) is 6.54.